The third-order valence-corrected chi connectivity index (χ3v) is 3.60. The van der Waals surface area contributed by atoms with E-state index < -0.39 is 0 Å². The molecule has 0 unspecified atom stereocenters. The maximum Gasteiger partial charge on any atom is 0.180 e. The van der Waals surface area contributed by atoms with Crippen LogP contribution in [0.2, 0.25) is 0 Å². The first-order valence-electron chi connectivity index (χ1n) is 6.09. The number of nitrogen functional groups attached to an aromatic ring is 1. The molecule has 2 N–H and O–H groups in total. The largest absolute Gasteiger partial charge is 0.375 e. The number of nitrogens with two attached hydrogens (primary N) is 1. The van der Waals surface area contributed by atoms with Gasteiger partial charge in [-0.05, 0) is 24.6 Å². The van der Waals surface area contributed by atoms with Gasteiger partial charge in [0.25, 0.3) is 0 Å². The van der Waals surface area contributed by atoms with Gasteiger partial charge in [0.05, 0.1) is 11.4 Å². The number of nitrogens with zero attached hydrogens (tertiary/aromatic N) is 3. The molecule has 0 saturated heterocycles. The lowest BCUT2D eigenvalue weighted by molar-refractivity contribution is 0.534. The van der Waals surface area contributed by atoms with Gasteiger partial charge in [0.1, 0.15) is 0 Å². The van der Waals surface area contributed by atoms with E-state index in [-0.39, 0.29) is 0 Å². The average Bonchev–Trinajstić information content (AvgIpc) is 2.80. The summed E-state index contributed by atoms with van der Waals surface area (Å²) in [5, 5.41) is 2.52. The Balaban J connectivity index is 1.94. The van der Waals surface area contributed by atoms with Crippen molar-refractivity contribution in [1.82, 2.24) is 9.88 Å². The maximum absolute atomic E-state index is 5.61. The number of hydrogen-bond acceptors (Lipinski definition) is 5. The van der Waals surface area contributed by atoms with Gasteiger partial charge in [-0.2, -0.15) is 0 Å². The van der Waals surface area contributed by atoms with E-state index >= 15 is 0 Å². The molecule has 0 amide bonds. The fraction of sp³-hybridized carbons (Fsp3) is 0.286. The maximum atomic E-state index is 5.61. The van der Waals surface area contributed by atoms with Gasteiger partial charge < -0.3 is 10.6 Å². The first kappa shape index (κ1) is 13.5. The highest BCUT2D eigenvalue weighted by Gasteiger charge is 2.07. The second-order valence-corrected chi connectivity index (χ2v) is 5.32. The Bertz CT molecular complexity index is 566. The Morgan fingerprint density at radius 2 is 2.37 bits per heavy atom. The summed E-state index contributed by atoms with van der Waals surface area (Å²) in [4.78, 5) is 10.9. The molecule has 1 aliphatic heterocycles. The van der Waals surface area contributed by atoms with Crippen molar-refractivity contribution in [3.05, 3.63) is 47.3 Å². The zero-order chi connectivity index (χ0) is 13.8. The van der Waals surface area contributed by atoms with Crippen LogP contribution in [0.5, 0.6) is 0 Å². The summed E-state index contributed by atoms with van der Waals surface area (Å²) in [6.07, 6.45) is 6.99. The van der Waals surface area contributed by atoms with Crippen molar-refractivity contribution in [2.75, 3.05) is 19.3 Å². The van der Waals surface area contributed by atoms with Crippen molar-refractivity contribution in [1.29, 1.82) is 0 Å². The first-order valence-corrected chi connectivity index (χ1v) is 6.97. The minimum atomic E-state index is 0.584. The van der Waals surface area contributed by atoms with Gasteiger partial charge in [-0.15, -0.1) is 11.3 Å². The summed E-state index contributed by atoms with van der Waals surface area (Å²) in [6.45, 7) is 6.65. The molecule has 5 heteroatoms. The molecular weight excluding hydrogens is 256 g/mol. The molecule has 4 nitrogen and oxygen atoms in total. The van der Waals surface area contributed by atoms with E-state index in [9.17, 15) is 0 Å². The normalized spacial score (nSPS) is 15.9. The van der Waals surface area contributed by atoms with Crippen LogP contribution >= 0.6 is 11.3 Å². The molecule has 1 aromatic rings. The number of aliphatic imine (C=N–C) groups is 1. The Labute approximate surface area is 117 Å². The van der Waals surface area contributed by atoms with E-state index in [0.29, 0.717) is 5.13 Å². The van der Waals surface area contributed by atoms with Crippen LogP contribution in [0.4, 0.5) is 5.13 Å². The van der Waals surface area contributed by atoms with Crippen molar-refractivity contribution in [3.63, 3.8) is 0 Å². The molecule has 19 heavy (non-hydrogen) atoms. The van der Waals surface area contributed by atoms with E-state index in [1.807, 2.05) is 31.6 Å². The molecule has 2 heterocycles. The van der Waals surface area contributed by atoms with Gasteiger partial charge in [0.2, 0.25) is 0 Å². The number of allylic oxidation sites excluding steroid dienone is 3. The number of aromatic nitrogens is 1. The van der Waals surface area contributed by atoms with E-state index in [1.54, 1.807) is 0 Å². The second kappa shape index (κ2) is 5.84. The smallest absolute Gasteiger partial charge is 0.180 e. The lowest BCUT2D eigenvalue weighted by Crippen LogP contribution is -2.14. The summed E-state index contributed by atoms with van der Waals surface area (Å²) in [7, 11) is 2.03. The third kappa shape index (κ3) is 3.54. The zero-order valence-corrected chi connectivity index (χ0v) is 12.1. The zero-order valence-electron chi connectivity index (χ0n) is 11.3. The van der Waals surface area contributed by atoms with E-state index in [1.165, 1.54) is 17.0 Å². The van der Waals surface area contributed by atoms with Crippen molar-refractivity contribution >= 4 is 22.2 Å². The predicted octanol–water partition coefficient (Wildman–Crippen LogP) is 2.82. The summed E-state index contributed by atoms with van der Waals surface area (Å²) in [6, 6.07) is 0. The Hall–Kier alpha value is -1.88. The van der Waals surface area contributed by atoms with Gasteiger partial charge in [-0.1, -0.05) is 6.58 Å². The predicted molar refractivity (Wildman–Crippen MR) is 82.3 cm³/mol. The highest BCUT2D eigenvalue weighted by molar-refractivity contribution is 7.13. The van der Waals surface area contributed by atoms with Crippen molar-refractivity contribution in [2.24, 2.45) is 4.99 Å². The minimum Gasteiger partial charge on any atom is -0.375 e. The molecule has 0 aliphatic carbocycles. The van der Waals surface area contributed by atoms with Crippen molar-refractivity contribution in [3.8, 4) is 0 Å². The van der Waals surface area contributed by atoms with Gasteiger partial charge in [0, 0.05) is 37.3 Å². The van der Waals surface area contributed by atoms with Crippen molar-refractivity contribution in [2.45, 2.75) is 13.3 Å². The molecule has 0 bridgehead atoms. The number of hydrogen-bond donors (Lipinski definition) is 1. The summed E-state index contributed by atoms with van der Waals surface area (Å²) in [5.41, 5.74) is 9.67. The summed E-state index contributed by atoms with van der Waals surface area (Å²) >= 11 is 1.44. The SMILES string of the molecule is C=C1C=CN(C)C(CC/N=C(/C)c2csc(N)n2)=C1. The average molecular weight is 274 g/mol. The van der Waals surface area contributed by atoms with Gasteiger partial charge in [-0.3, -0.25) is 4.99 Å². The van der Waals surface area contributed by atoms with Crippen LogP contribution in [0, 0.1) is 0 Å². The molecule has 0 aromatic carbocycles. The minimum absolute atomic E-state index is 0.584. The van der Waals surface area contributed by atoms with Crippen LogP contribution in [0.25, 0.3) is 0 Å². The van der Waals surface area contributed by atoms with Crippen LogP contribution < -0.4 is 5.73 Å². The van der Waals surface area contributed by atoms with Crippen LogP contribution in [0.3, 0.4) is 0 Å². The number of anilines is 1. The highest BCUT2D eigenvalue weighted by Crippen LogP contribution is 2.17. The third-order valence-electron chi connectivity index (χ3n) is 2.93. The topological polar surface area (TPSA) is 54.5 Å². The second-order valence-electron chi connectivity index (χ2n) is 4.43. The van der Waals surface area contributed by atoms with E-state index in [2.05, 4.69) is 27.5 Å². The molecule has 2 rings (SSSR count). The molecule has 100 valence electrons. The lowest BCUT2D eigenvalue weighted by Gasteiger charge is -2.21. The molecule has 1 aliphatic rings. The van der Waals surface area contributed by atoms with E-state index in [0.717, 1.165) is 29.9 Å². The Morgan fingerprint density at radius 1 is 1.58 bits per heavy atom. The quantitative estimate of drug-likeness (QED) is 0.859. The fourth-order valence-electron chi connectivity index (χ4n) is 1.79. The lowest BCUT2D eigenvalue weighted by atomic mass is 10.1. The molecule has 1 aromatic heterocycles. The van der Waals surface area contributed by atoms with Crippen LogP contribution in [-0.4, -0.2) is 29.2 Å². The Kier molecular flexibility index (Phi) is 4.16. The molecule has 0 spiro atoms. The summed E-state index contributed by atoms with van der Waals surface area (Å²) in [5.74, 6) is 0. The van der Waals surface area contributed by atoms with Crippen molar-refractivity contribution < 1.29 is 0 Å². The summed E-state index contributed by atoms with van der Waals surface area (Å²) < 4.78 is 0. The van der Waals surface area contributed by atoms with Crippen LogP contribution in [0.15, 0.2) is 46.6 Å². The monoisotopic (exact) mass is 274 g/mol. The highest BCUT2D eigenvalue weighted by atomic mass is 32.1. The van der Waals surface area contributed by atoms with Crippen LogP contribution in [0.1, 0.15) is 19.0 Å². The van der Waals surface area contributed by atoms with Gasteiger partial charge in [0.15, 0.2) is 5.13 Å². The molecule has 0 atom stereocenters. The van der Waals surface area contributed by atoms with Crippen LogP contribution in [-0.2, 0) is 0 Å². The number of rotatable bonds is 4. The first-order chi connectivity index (χ1) is 9.06. The molecule has 0 radical (unpaired) electrons. The molecule has 0 saturated carbocycles. The number of thiazole rings is 1. The standard InChI is InChI=1S/C14H18N4S/c1-10-5-7-18(3)12(8-10)4-6-16-11(2)13-9-19-14(15)17-13/h5,7-9H,1,4,6H2,2-3H3,(H2,15,17)/b16-11-. The Morgan fingerprint density at radius 3 is 3.05 bits per heavy atom. The van der Waals surface area contributed by atoms with E-state index in [4.69, 9.17) is 5.73 Å². The molecular formula is C14H18N4S. The fourth-order valence-corrected chi connectivity index (χ4v) is 2.40. The molecule has 0 fully saturated rings. The van der Waals surface area contributed by atoms with Gasteiger partial charge >= 0.3 is 0 Å². The van der Waals surface area contributed by atoms with Gasteiger partial charge in [-0.25, -0.2) is 4.98 Å².